The third kappa shape index (κ3) is 3.70. The van der Waals surface area contributed by atoms with Crippen molar-refractivity contribution in [3.63, 3.8) is 0 Å². The number of aliphatic hydroxyl groups excluding tert-OH is 3. The van der Waals surface area contributed by atoms with Crippen molar-refractivity contribution in [2.75, 3.05) is 5.32 Å². The Morgan fingerprint density at radius 3 is 2.33 bits per heavy atom. The van der Waals surface area contributed by atoms with Crippen LogP contribution >= 0.6 is 0 Å². The van der Waals surface area contributed by atoms with Gasteiger partial charge in [-0.25, -0.2) is 0 Å². The van der Waals surface area contributed by atoms with Gasteiger partial charge in [-0.05, 0) is 31.2 Å². The van der Waals surface area contributed by atoms with Crippen LogP contribution in [-0.4, -0.2) is 51.9 Å². The zero-order valence-corrected chi connectivity index (χ0v) is 11.8. The highest BCUT2D eigenvalue weighted by Gasteiger charge is 2.43. The van der Waals surface area contributed by atoms with Gasteiger partial charge in [0, 0.05) is 12.6 Å². The van der Waals surface area contributed by atoms with Crippen molar-refractivity contribution in [1.29, 1.82) is 0 Å². The van der Waals surface area contributed by atoms with Gasteiger partial charge in [-0.2, -0.15) is 0 Å². The Morgan fingerprint density at radius 2 is 1.76 bits per heavy atom. The number of nitrogens with one attached hydrogen (secondary N) is 1. The third-order valence-electron chi connectivity index (χ3n) is 3.24. The number of hydrogen-bond donors (Lipinski definition) is 4. The van der Waals surface area contributed by atoms with Gasteiger partial charge in [0.1, 0.15) is 24.1 Å². The van der Waals surface area contributed by atoms with Crippen molar-refractivity contribution >= 4 is 11.6 Å². The van der Waals surface area contributed by atoms with Crippen molar-refractivity contribution in [3.05, 3.63) is 24.3 Å². The van der Waals surface area contributed by atoms with E-state index in [9.17, 15) is 20.1 Å². The molecule has 1 aromatic rings. The van der Waals surface area contributed by atoms with Gasteiger partial charge < -0.3 is 30.1 Å². The summed E-state index contributed by atoms with van der Waals surface area (Å²) >= 11 is 0. The first-order valence-electron chi connectivity index (χ1n) is 6.62. The van der Waals surface area contributed by atoms with Gasteiger partial charge in [0.2, 0.25) is 12.2 Å². The molecule has 1 amide bonds. The van der Waals surface area contributed by atoms with E-state index in [1.54, 1.807) is 31.2 Å². The summed E-state index contributed by atoms with van der Waals surface area (Å²) in [7, 11) is 0. The third-order valence-corrected chi connectivity index (χ3v) is 3.24. The second-order valence-corrected chi connectivity index (χ2v) is 5.00. The van der Waals surface area contributed by atoms with Crippen molar-refractivity contribution in [1.82, 2.24) is 0 Å². The Labute approximate surface area is 122 Å². The van der Waals surface area contributed by atoms with E-state index in [2.05, 4.69) is 5.32 Å². The van der Waals surface area contributed by atoms with Crippen molar-refractivity contribution in [3.8, 4) is 5.75 Å². The first-order chi connectivity index (χ1) is 9.88. The molecule has 7 nitrogen and oxygen atoms in total. The monoisotopic (exact) mass is 297 g/mol. The summed E-state index contributed by atoms with van der Waals surface area (Å²) in [4.78, 5) is 10.9. The standard InChI is InChI=1S/C14H19NO6/c1-7-11(17)12(18)13(19)14(20-7)21-10-5-3-9(4-6-10)15-8(2)16/h3-7,11-14,17-19H,1-2H3,(H,15,16)/t7-,11-,12+,13+,14-/m0/s1. The van der Waals surface area contributed by atoms with Gasteiger partial charge in [-0.3, -0.25) is 4.79 Å². The molecule has 1 aliphatic rings. The average Bonchev–Trinajstić information content (AvgIpc) is 2.44. The highest BCUT2D eigenvalue weighted by Crippen LogP contribution is 2.24. The summed E-state index contributed by atoms with van der Waals surface area (Å²) in [6.45, 7) is 2.99. The SMILES string of the molecule is CC(=O)Nc1ccc(O[C@@H]2O[C@@H](C)[C@H](O)[C@@H](O)[C@H]2O)cc1. The van der Waals surface area contributed by atoms with Crippen LogP contribution in [0.5, 0.6) is 5.75 Å². The van der Waals surface area contributed by atoms with Gasteiger partial charge >= 0.3 is 0 Å². The van der Waals surface area contributed by atoms with Gasteiger partial charge in [-0.1, -0.05) is 0 Å². The maximum atomic E-state index is 10.9. The molecule has 0 radical (unpaired) electrons. The fourth-order valence-corrected chi connectivity index (χ4v) is 2.06. The number of anilines is 1. The molecule has 0 bridgehead atoms. The number of benzene rings is 1. The molecule has 1 saturated heterocycles. The Kier molecular flexibility index (Phi) is 4.79. The second-order valence-electron chi connectivity index (χ2n) is 5.00. The topological polar surface area (TPSA) is 108 Å². The zero-order valence-electron chi connectivity index (χ0n) is 11.8. The van der Waals surface area contributed by atoms with Crippen LogP contribution < -0.4 is 10.1 Å². The van der Waals surface area contributed by atoms with Crippen LogP contribution in [0.15, 0.2) is 24.3 Å². The predicted octanol–water partition coefficient (Wildman–Crippen LogP) is -0.149. The van der Waals surface area contributed by atoms with Crippen molar-refractivity contribution in [2.24, 2.45) is 0 Å². The molecule has 1 aliphatic heterocycles. The molecule has 0 aromatic heterocycles. The molecular formula is C14H19NO6. The second kappa shape index (κ2) is 6.40. The minimum absolute atomic E-state index is 0.180. The molecule has 2 rings (SSSR count). The summed E-state index contributed by atoms with van der Waals surface area (Å²) in [6, 6.07) is 6.48. The number of ether oxygens (including phenoxy) is 2. The first kappa shape index (κ1) is 15.7. The van der Waals surface area contributed by atoms with Gasteiger partial charge in [0.25, 0.3) is 0 Å². The molecule has 0 saturated carbocycles. The van der Waals surface area contributed by atoms with E-state index in [4.69, 9.17) is 9.47 Å². The van der Waals surface area contributed by atoms with Crippen LogP contribution in [-0.2, 0) is 9.53 Å². The van der Waals surface area contributed by atoms with E-state index in [0.29, 0.717) is 11.4 Å². The molecular weight excluding hydrogens is 278 g/mol. The summed E-state index contributed by atoms with van der Waals surface area (Å²) < 4.78 is 10.8. The molecule has 116 valence electrons. The summed E-state index contributed by atoms with van der Waals surface area (Å²) in [5.74, 6) is 0.226. The van der Waals surface area contributed by atoms with Crippen molar-refractivity contribution < 1.29 is 29.6 Å². The molecule has 4 N–H and O–H groups in total. The lowest BCUT2D eigenvalue weighted by Gasteiger charge is -2.38. The predicted molar refractivity (Wildman–Crippen MR) is 73.7 cm³/mol. The lowest BCUT2D eigenvalue weighted by atomic mass is 10.00. The van der Waals surface area contributed by atoms with Crippen LogP contribution in [0.3, 0.4) is 0 Å². The Morgan fingerprint density at radius 1 is 1.14 bits per heavy atom. The van der Waals surface area contributed by atoms with E-state index in [1.807, 2.05) is 0 Å². The number of carbonyl (C=O) groups is 1. The van der Waals surface area contributed by atoms with Crippen LogP contribution in [0.25, 0.3) is 0 Å². The summed E-state index contributed by atoms with van der Waals surface area (Å²) in [5.41, 5.74) is 0.615. The lowest BCUT2D eigenvalue weighted by Crippen LogP contribution is -2.58. The highest BCUT2D eigenvalue weighted by atomic mass is 16.7. The molecule has 1 fully saturated rings. The molecule has 0 aliphatic carbocycles. The normalized spacial score (nSPS) is 32.5. The quantitative estimate of drug-likeness (QED) is 0.618. The summed E-state index contributed by atoms with van der Waals surface area (Å²) in [6.07, 6.45) is -5.59. The molecule has 1 aromatic carbocycles. The Balaban J connectivity index is 2.02. The maximum absolute atomic E-state index is 10.9. The number of aliphatic hydroxyl groups is 3. The van der Waals surface area contributed by atoms with Gasteiger partial charge in [0.15, 0.2) is 0 Å². The zero-order chi connectivity index (χ0) is 15.6. The highest BCUT2D eigenvalue weighted by molar-refractivity contribution is 5.88. The van der Waals surface area contributed by atoms with Gasteiger partial charge in [-0.15, -0.1) is 0 Å². The van der Waals surface area contributed by atoms with Crippen LogP contribution in [0.4, 0.5) is 5.69 Å². The number of rotatable bonds is 3. The van der Waals surface area contributed by atoms with E-state index < -0.39 is 30.7 Å². The fraction of sp³-hybridized carbons (Fsp3) is 0.500. The Hall–Kier alpha value is -1.67. The van der Waals surface area contributed by atoms with Crippen LogP contribution in [0.1, 0.15) is 13.8 Å². The molecule has 7 heteroatoms. The van der Waals surface area contributed by atoms with Gasteiger partial charge in [0.05, 0.1) is 6.10 Å². The molecule has 1 heterocycles. The summed E-state index contributed by atoms with van der Waals surface area (Å²) in [5, 5.41) is 31.8. The molecule has 0 unspecified atom stereocenters. The number of amides is 1. The average molecular weight is 297 g/mol. The first-order valence-corrected chi connectivity index (χ1v) is 6.62. The minimum atomic E-state index is -1.36. The lowest BCUT2D eigenvalue weighted by molar-refractivity contribution is -0.268. The number of carbonyl (C=O) groups excluding carboxylic acids is 1. The largest absolute Gasteiger partial charge is 0.462 e. The van der Waals surface area contributed by atoms with Crippen LogP contribution in [0, 0.1) is 0 Å². The minimum Gasteiger partial charge on any atom is -0.462 e. The van der Waals surface area contributed by atoms with E-state index in [-0.39, 0.29) is 5.91 Å². The van der Waals surface area contributed by atoms with Crippen LogP contribution in [0.2, 0.25) is 0 Å². The molecule has 0 spiro atoms. The Bertz CT molecular complexity index is 491. The maximum Gasteiger partial charge on any atom is 0.229 e. The fourth-order valence-electron chi connectivity index (χ4n) is 2.06. The molecule has 21 heavy (non-hydrogen) atoms. The molecule has 5 atom stereocenters. The van der Waals surface area contributed by atoms with E-state index in [1.165, 1.54) is 6.92 Å². The van der Waals surface area contributed by atoms with E-state index in [0.717, 1.165) is 0 Å². The van der Waals surface area contributed by atoms with Crippen molar-refractivity contribution in [2.45, 2.75) is 44.6 Å². The number of hydrogen-bond acceptors (Lipinski definition) is 6. The van der Waals surface area contributed by atoms with E-state index >= 15 is 0 Å². The smallest absolute Gasteiger partial charge is 0.229 e.